The van der Waals surface area contributed by atoms with Crippen molar-refractivity contribution in [1.29, 1.82) is 0 Å². The third-order valence-corrected chi connectivity index (χ3v) is 21.7. The number of hydrogen-bond acceptors (Lipinski definition) is 3. The van der Waals surface area contributed by atoms with Crippen molar-refractivity contribution in [3.8, 4) is 0 Å². The first-order chi connectivity index (χ1) is 15.0. The second-order valence-corrected chi connectivity index (χ2v) is 21.9. The number of nitrogens with zero attached hydrogens (tertiary/aromatic N) is 3. The average molecular weight is 486 g/mol. The maximum Gasteiger partial charge on any atom is 0.206 e. The summed E-state index contributed by atoms with van der Waals surface area (Å²) >= 11 is 0. The SMILES string of the molecule is CCCN(CCC)[Si](C(C)C)(C(C)C)N(CCC)[Si](C(C)C)(C(C)C)N(CCC)CCC. The van der Waals surface area contributed by atoms with Gasteiger partial charge in [0.25, 0.3) is 0 Å². The lowest BCUT2D eigenvalue weighted by atomic mass is 10.4. The zero-order valence-electron chi connectivity index (χ0n) is 24.7. The predicted molar refractivity (Wildman–Crippen MR) is 153 cm³/mol. The fourth-order valence-corrected chi connectivity index (χ4v) is 25.8. The van der Waals surface area contributed by atoms with Gasteiger partial charge in [-0.2, -0.15) is 0 Å². The zero-order chi connectivity index (χ0) is 25.1. The smallest absolute Gasteiger partial charge is 0.206 e. The van der Waals surface area contributed by atoms with Crippen LogP contribution in [0.1, 0.15) is 122 Å². The number of rotatable bonds is 18. The quantitative estimate of drug-likeness (QED) is 0.180. The predicted octanol–water partition coefficient (Wildman–Crippen LogP) is 8.47. The molecule has 32 heavy (non-hydrogen) atoms. The molecule has 0 rings (SSSR count). The lowest BCUT2D eigenvalue weighted by Crippen LogP contribution is -2.82. The standard InChI is InChI=1S/C27H63N3Si2/c1-14-19-28(20-15-2)31(24(6)7,25(8)9)30(23-18-5)32(26(10)11,27(12)13)29(21-16-3)22-17-4/h24-27H,14-23H2,1-13H3. The van der Waals surface area contributed by atoms with Gasteiger partial charge in [-0.15, -0.1) is 0 Å². The Balaban J connectivity index is 7.42. The summed E-state index contributed by atoms with van der Waals surface area (Å²) in [5, 5.41) is 0. The highest BCUT2D eigenvalue weighted by atomic mass is 28.4. The summed E-state index contributed by atoms with van der Waals surface area (Å²) in [4.78, 5) is 0. The molecular formula is C27H63N3Si2. The van der Waals surface area contributed by atoms with Gasteiger partial charge in [-0.3, -0.25) is 0 Å². The molecule has 0 fully saturated rings. The molecule has 3 nitrogen and oxygen atoms in total. The summed E-state index contributed by atoms with van der Waals surface area (Å²) < 4.78 is 9.47. The Morgan fingerprint density at radius 2 is 0.625 bits per heavy atom. The van der Waals surface area contributed by atoms with Crippen molar-refractivity contribution in [2.24, 2.45) is 0 Å². The monoisotopic (exact) mass is 485 g/mol. The molecule has 0 radical (unpaired) electrons. The van der Waals surface area contributed by atoms with E-state index in [2.05, 4.69) is 103 Å². The van der Waals surface area contributed by atoms with Gasteiger partial charge in [0.1, 0.15) is 0 Å². The van der Waals surface area contributed by atoms with Crippen LogP contribution in [0.4, 0.5) is 0 Å². The van der Waals surface area contributed by atoms with Crippen molar-refractivity contribution in [3.05, 3.63) is 0 Å². The van der Waals surface area contributed by atoms with E-state index in [0.29, 0.717) is 0 Å². The second-order valence-electron chi connectivity index (χ2n) is 11.3. The normalized spacial score (nSPS) is 13.9. The number of hydrogen-bond donors (Lipinski definition) is 0. The minimum atomic E-state index is -1.97. The molecule has 0 aromatic carbocycles. The maximum atomic E-state index is 3.33. The third kappa shape index (κ3) is 6.50. The molecule has 0 aromatic heterocycles. The Morgan fingerprint density at radius 3 is 0.781 bits per heavy atom. The van der Waals surface area contributed by atoms with E-state index in [1.807, 2.05) is 0 Å². The summed E-state index contributed by atoms with van der Waals surface area (Å²) in [5.41, 5.74) is 2.89. The molecule has 0 aliphatic heterocycles. The van der Waals surface area contributed by atoms with Gasteiger partial charge in [-0.05, 0) is 87.0 Å². The fourth-order valence-electron chi connectivity index (χ4n) is 7.27. The van der Waals surface area contributed by atoms with Crippen LogP contribution in [0.3, 0.4) is 0 Å². The van der Waals surface area contributed by atoms with E-state index in [9.17, 15) is 0 Å². The van der Waals surface area contributed by atoms with Crippen molar-refractivity contribution in [2.75, 3.05) is 32.7 Å². The first-order valence-corrected chi connectivity index (χ1v) is 18.4. The molecule has 0 aliphatic rings. The second kappa shape index (κ2) is 15.3. The molecule has 194 valence electrons. The van der Waals surface area contributed by atoms with E-state index < -0.39 is 16.8 Å². The Hall–Kier alpha value is 0.314. The van der Waals surface area contributed by atoms with E-state index in [-0.39, 0.29) is 0 Å². The zero-order valence-corrected chi connectivity index (χ0v) is 26.7. The van der Waals surface area contributed by atoms with Crippen LogP contribution in [0, 0.1) is 0 Å². The third-order valence-electron chi connectivity index (χ3n) is 7.70. The van der Waals surface area contributed by atoms with Gasteiger partial charge in [0.2, 0.25) is 16.8 Å². The van der Waals surface area contributed by atoms with Gasteiger partial charge in [-0.25, -0.2) is 0 Å². The summed E-state index contributed by atoms with van der Waals surface area (Å²) in [7, 11) is -3.93. The van der Waals surface area contributed by atoms with Gasteiger partial charge in [0.05, 0.1) is 0 Å². The largest absolute Gasteiger partial charge is 0.320 e. The van der Waals surface area contributed by atoms with Crippen molar-refractivity contribution in [1.82, 2.24) is 13.4 Å². The summed E-state index contributed by atoms with van der Waals surface area (Å²) in [6.07, 6.45) is 6.32. The molecule has 0 spiro atoms. The van der Waals surface area contributed by atoms with Gasteiger partial charge in [0.15, 0.2) is 0 Å². The van der Waals surface area contributed by atoms with E-state index in [1.165, 1.54) is 64.8 Å². The minimum Gasteiger partial charge on any atom is -0.320 e. The van der Waals surface area contributed by atoms with Crippen LogP contribution in [0.15, 0.2) is 0 Å². The van der Waals surface area contributed by atoms with E-state index >= 15 is 0 Å². The Kier molecular flexibility index (Phi) is 15.5. The Bertz CT molecular complexity index is 412. The van der Waals surface area contributed by atoms with E-state index in [4.69, 9.17) is 0 Å². The highest BCUT2D eigenvalue weighted by Crippen LogP contribution is 2.48. The lowest BCUT2D eigenvalue weighted by molar-refractivity contribution is 0.303. The highest BCUT2D eigenvalue weighted by molar-refractivity contribution is 6.92. The Labute approximate surface area is 207 Å². The van der Waals surface area contributed by atoms with Crippen LogP contribution in [0.2, 0.25) is 22.2 Å². The molecule has 0 saturated carbocycles. The van der Waals surface area contributed by atoms with Crippen LogP contribution < -0.4 is 0 Å². The molecule has 0 saturated heterocycles. The molecule has 0 N–H and O–H groups in total. The van der Waals surface area contributed by atoms with Crippen molar-refractivity contribution >= 4 is 16.8 Å². The van der Waals surface area contributed by atoms with Crippen LogP contribution in [0.25, 0.3) is 0 Å². The topological polar surface area (TPSA) is 9.72 Å². The first-order valence-electron chi connectivity index (χ1n) is 14.3. The summed E-state index contributed by atoms with van der Waals surface area (Å²) in [6.45, 7) is 39.0. The maximum absolute atomic E-state index is 3.33. The van der Waals surface area contributed by atoms with Crippen LogP contribution in [-0.2, 0) is 0 Å². The van der Waals surface area contributed by atoms with Gasteiger partial charge in [-0.1, -0.05) is 90.0 Å². The van der Waals surface area contributed by atoms with Crippen LogP contribution in [-0.4, -0.2) is 62.9 Å². The summed E-state index contributed by atoms with van der Waals surface area (Å²) in [5.74, 6) is 0. The van der Waals surface area contributed by atoms with Gasteiger partial charge < -0.3 is 13.4 Å². The molecule has 0 heterocycles. The molecule has 0 aromatic rings. The average Bonchev–Trinajstić information content (AvgIpc) is 2.68. The van der Waals surface area contributed by atoms with Gasteiger partial charge in [0, 0.05) is 0 Å². The molecule has 0 amide bonds. The van der Waals surface area contributed by atoms with Gasteiger partial charge >= 0.3 is 0 Å². The molecule has 0 atom stereocenters. The molecular weight excluding hydrogens is 422 g/mol. The van der Waals surface area contributed by atoms with Crippen molar-refractivity contribution in [3.63, 3.8) is 0 Å². The van der Waals surface area contributed by atoms with E-state index in [0.717, 1.165) is 22.2 Å². The lowest BCUT2D eigenvalue weighted by Gasteiger charge is -2.65. The van der Waals surface area contributed by atoms with Crippen molar-refractivity contribution in [2.45, 2.75) is 144 Å². The highest BCUT2D eigenvalue weighted by Gasteiger charge is 2.61. The molecule has 5 heteroatoms. The molecule has 0 aliphatic carbocycles. The Morgan fingerprint density at radius 1 is 0.406 bits per heavy atom. The van der Waals surface area contributed by atoms with E-state index in [1.54, 1.807) is 0 Å². The first kappa shape index (κ1) is 32.3. The molecule has 0 unspecified atom stereocenters. The minimum absolute atomic E-state index is 0.724. The molecule has 0 bridgehead atoms. The van der Waals surface area contributed by atoms with Crippen LogP contribution in [0.5, 0.6) is 0 Å². The van der Waals surface area contributed by atoms with Crippen molar-refractivity contribution < 1.29 is 0 Å². The summed E-state index contributed by atoms with van der Waals surface area (Å²) in [6, 6.07) is 0. The fraction of sp³-hybridized carbons (Fsp3) is 1.00. The van der Waals surface area contributed by atoms with Crippen LogP contribution >= 0.6 is 0 Å².